The van der Waals surface area contributed by atoms with Crippen LogP contribution in [0.4, 0.5) is 0 Å². The van der Waals surface area contributed by atoms with Gasteiger partial charge in [-0.25, -0.2) is 9.59 Å². The number of allylic oxidation sites excluding steroid dienone is 2. The van der Waals surface area contributed by atoms with Gasteiger partial charge in [0.05, 0.1) is 0 Å². The van der Waals surface area contributed by atoms with E-state index in [0.717, 1.165) is 18.3 Å². The van der Waals surface area contributed by atoms with Gasteiger partial charge in [0.15, 0.2) is 0 Å². The van der Waals surface area contributed by atoms with E-state index < -0.39 is 34.3 Å². The maximum Gasteiger partial charge on any atom is 0.333 e. The van der Waals surface area contributed by atoms with Crippen molar-refractivity contribution in [1.82, 2.24) is 18.3 Å². The van der Waals surface area contributed by atoms with Crippen molar-refractivity contribution in [1.29, 1.82) is 0 Å². The summed E-state index contributed by atoms with van der Waals surface area (Å²) in [6.45, 7) is 0. The van der Waals surface area contributed by atoms with E-state index in [1.807, 2.05) is 0 Å². The van der Waals surface area contributed by atoms with Crippen LogP contribution in [0.1, 0.15) is 11.1 Å². The Kier molecular flexibility index (Phi) is 5.23. The van der Waals surface area contributed by atoms with Crippen LogP contribution in [0, 0.1) is 0 Å². The van der Waals surface area contributed by atoms with E-state index in [1.54, 1.807) is 0 Å². The van der Waals surface area contributed by atoms with Crippen LogP contribution in [-0.2, 0) is 28.2 Å². The predicted octanol–water partition coefficient (Wildman–Crippen LogP) is -1.23. The van der Waals surface area contributed by atoms with Gasteiger partial charge >= 0.3 is 11.4 Å². The Balaban J connectivity index is 2.46. The molecule has 0 unspecified atom stereocenters. The van der Waals surface area contributed by atoms with Crippen molar-refractivity contribution in [2.75, 3.05) is 0 Å². The molecule has 0 bridgehead atoms. The Bertz CT molecular complexity index is 1250. The minimum Gasteiger partial charge on any atom is -0.494 e. The minimum absolute atomic E-state index is 0.0986. The van der Waals surface area contributed by atoms with Gasteiger partial charge in [0, 0.05) is 28.2 Å². The molecule has 2 aromatic rings. The Morgan fingerprint density at radius 1 is 0.741 bits per heavy atom. The molecule has 2 rings (SSSR count). The van der Waals surface area contributed by atoms with Crippen molar-refractivity contribution < 1.29 is 10.2 Å². The van der Waals surface area contributed by atoms with Crippen LogP contribution in [0.15, 0.2) is 37.1 Å². The van der Waals surface area contributed by atoms with E-state index >= 15 is 0 Å². The van der Waals surface area contributed by atoms with E-state index in [1.165, 1.54) is 52.5 Å². The second-order valence-corrected chi connectivity index (χ2v) is 5.72. The standard InChI is InChI=1S/C17H18N4O6/c1-18-12(22)10(13(23)19(2)16(18)26)8-6-5-7-9-11-14(24)20(3)17(27)21(4)15(11)25/h5-6,8-9,22,24H,1-4H3. The molecule has 10 nitrogen and oxygen atoms in total. The lowest BCUT2D eigenvalue weighted by atomic mass is 10.2. The number of nitrogens with zero attached hydrogens (tertiary/aromatic N) is 4. The zero-order chi connectivity index (χ0) is 20.5. The largest absolute Gasteiger partial charge is 0.494 e. The Morgan fingerprint density at radius 3 is 1.70 bits per heavy atom. The fraction of sp³-hybridized carbons (Fsp3) is 0.235. The highest BCUT2D eigenvalue weighted by molar-refractivity contribution is 5.57. The van der Waals surface area contributed by atoms with Gasteiger partial charge in [-0.1, -0.05) is 6.08 Å². The third kappa shape index (κ3) is 3.33. The average Bonchev–Trinajstić information content (AvgIpc) is 2.66. The summed E-state index contributed by atoms with van der Waals surface area (Å²) in [6.07, 6.45) is 5.14. The molecule has 0 aromatic carbocycles. The fourth-order valence-corrected chi connectivity index (χ4v) is 2.32. The monoisotopic (exact) mass is 374 g/mol. The molecule has 0 aliphatic carbocycles. The first-order valence-corrected chi connectivity index (χ1v) is 7.66. The molecule has 0 fully saturated rings. The molecule has 27 heavy (non-hydrogen) atoms. The molecular formula is C17H18N4O6. The number of hydrogen-bond acceptors (Lipinski definition) is 6. The third-order valence-electron chi connectivity index (χ3n) is 4.02. The van der Waals surface area contributed by atoms with Gasteiger partial charge in [-0.05, 0) is 18.2 Å². The molecule has 0 saturated carbocycles. The first kappa shape index (κ1) is 19.5. The molecule has 2 N–H and O–H groups in total. The molecular weight excluding hydrogens is 356 g/mol. The molecule has 0 spiro atoms. The Labute approximate surface area is 152 Å². The first-order valence-electron chi connectivity index (χ1n) is 7.66. The van der Waals surface area contributed by atoms with Crippen molar-refractivity contribution in [2.24, 2.45) is 28.2 Å². The second-order valence-electron chi connectivity index (χ2n) is 5.72. The molecule has 0 aliphatic rings. The highest BCUT2D eigenvalue weighted by atomic mass is 16.3. The summed E-state index contributed by atoms with van der Waals surface area (Å²) in [4.78, 5) is 47.4. The highest BCUT2D eigenvalue weighted by Gasteiger charge is 2.12. The van der Waals surface area contributed by atoms with Crippen molar-refractivity contribution in [3.63, 3.8) is 0 Å². The predicted molar refractivity (Wildman–Crippen MR) is 98.8 cm³/mol. The van der Waals surface area contributed by atoms with E-state index in [-0.39, 0.29) is 11.1 Å². The van der Waals surface area contributed by atoms with Crippen LogP contribution < -0.4 is 22.5 Å². The number of rotatable bonds is 3. The smallest absolute Gasteiger partial charge is 0.333 e. The summed E-state index contributed by atoms with van der Waals surface area (Å²) in [7, 11) is 5.21. The minimum atomic E-state index is -0.690. The normalized spacial score (nSPS) is 10.8. The van der Waals surface area contributed by atoms with Crippen molar-refractivity contribution >= 4 is 12.2 Å². The van der Waals surface area contributed by atoms with E-state index in [4.69, 9.17) is 0 Å². The van der Waals surface area contributed by atoms with Gasteiger partial charge in [0.1, 0.15) is 11.1 Å². The Morgan fingerprint density at radius 2 is 1.19 bits per heavy atom. The molecule has 0 radical (unpaired) electrons. The summed E-state index contributed by atoms with van der Waals surface area (Å²) >= 11 is 0. The van der Waals surface area contributed by atoms with Crippen LogP contribution in [-0.4, -0.2) is 28.5 Å². The molecule has 0 saturated heterocycles. The van der Waals surface area contributed by atoms with Gasteiger partial charge in [-0.15, -0.1) is 5.73 Å². The van der Waals surface area contributed by atoms with E-state index in [0.29, 0.717) is 0 Å². The summed E-state index contributed by atoms with van der Waals surface area (Å²) in [6, 6.07) is 0. The number of aromatic nitrogens is 4. The molecule has 2 aromatic heterocycles. The molecule has 0 aliphatic heterocycles. The lowest BCUT2D eigenvalue weighted by Crippen LogP contribution is -2.37. The zero-order valence-electron chi connectivity index (χ0n) is 15.1. The molecule has 10 heteroatoms. The van der Waals surface area contributed by atoms with E-state index in [9.17, 15) is 29.4 Å². The summed E-state index contributed by atoms with van der Waals surface area (Å²) in [5.41, 5.74) is -0.301. The van der Waals surface area contributed by atoms with Gasteiger partial charge < -0.3 is 10.2 Å². The van der Waals surface area contributed by atoms with Gasteiger partial charge in [0.25, 0.3) is 11.1 Å². The maximum absolute atomic E-state index is 12.0. The van der Waals surface area contributed by atoms with Crippen LogP contribution in [0.5, 0.6) is 11.8 Å². The molecule has 0 atom stereocenters. The maximum atomic E-state index is 12.0. The third-order valence-corrected chi connectivity index (χ3v) is 4.02. The summed E-state index contributed by atoms with van der Waals surface area (Å²) in [5.74, 6) is -0.987. The van der Waals surface area contributed by atoms with Crippen LogP contribution in [0.2, 0.25) is 0 Å². The molecule has 0 amide bonds. The fourth-order valence-electron chi connectivity index (χ4n) is 2.32. The Hall–Kier alpha value is -3.78. The highest BCUT2D eigenvalue weighted by Crippen LogP contribution is 2.11. The molecule has 142 valence electrons. The van der Waals surface area contributed by atoms with Gasteiger partial charge in [-0.2, -0.15) is 0 Å². The second kappa shape index (κ2) is 7.22. The average molecular weight is 374 g/mol. The molecule has 2 heterocycles. The SMILES string of the molecule is Cn1c(O)c(C=C=CC=Cc2c(O)n(C)c(=O)n(C)c2=O)c(=O)n(C)c1=O. The lowest BCUT2D eigenvalue weighted by Gasteiger charge is -2.07. The van der Waals surface area contributed by atoms with Crippen molar-refractivity contribution in [3.05, 3.63) is 70.7 Å². The topological polar surface area (TPSA) is 128 Å². The van der Waals surface area contributed by atoms with Gasteiger partial charge in [0.2, 0.25) is 11.8 Å². The first-order chi connectivity index (χ1) is 12.6. The van der Waals surface area contributed by atoms with Gasteiger partial charge in [-0.3, -0.25) is 27.9 Å². The van der Waals surface area contributed by atoms with Crippen molar-refractivity contribution in [3.8, 4) is 11.8 Å². The van der Waals surface area contributed by atoms with Crippen LogP contribution >= 0.6 is 0 Å². The summed E-state index contributed by atoms with van der Waals surface area (Å²) in [5, 5.41) is 19.8. The zero-order valence-corrected chi connectivity index (χ0v) is 15.1. The lowest BCUT2D eigenvalue weighted by molar-refractivity contribution is 0.409. The number of hydrogen-bond donors (Lipinski definition) is 2. The van der Waals surface area contributed by atoms with Crippen molar-refractivity contribution in [2.45, 2.75) is 0 Å². The number of aromatic hydroxyl groups is 2. The van der Waals surface area contributed by atoms with Crippen LogP contribution in [0.25, 0.3) is 12.2 Å². The quantitative estimate of drug-likeness (QED) is 0.512. The summed E-state index contributed by atoms with van der Waals surface area (Å²) < 4.78 is 3.53. The van der Waals surface area contributed by atoms with E-state index in [2.05, 4.69) is 5.73 Å². The van der Waals surface area contributed by atoms with Crippen LogP contribution in [0.3, 0.4) is 0 Å².